The molecule has 1 unspecified atom stereocenters. The van der Waals surface area contributed by atoms with Crippen molar-refractivity contribution in [1.29, 1.82) is 0 Å². The van der Waals surface area contributed by atoms with Gasteiger partial charge in [-0.25, -0.2) is 0 Å². The number of hydrogen-bond donors (Lipinski definition) is 1. The van der Waals surface area contributed by atoms with E-state index < -0.39 is 0 Å². The fraction of sp³-hybridized carbons (Fsp3) is 1.00. The van der Waals surface area contributed by atoms with E-state index in [-0.39, 0.29) is 0 Å². The van der Waals surface area contributed by atoms with E-state index in [1.807, 2.05) is 0 Å². The SMILES string of the molecule is CC(C)N(CCC1NCCC1(C)C)CC[N+](C)(C)C. The first-order valence-corrected chi connectivity index (χ1v) is 7.90. The zero-order valence-corrected chi connectivity index (χ0v) is 14.3. The third kappa shape index (κ3) is 5.80. The Labute approximate surface area is 120 Å². The second-order valence-corrected chi connectivity index (χ2v) is 8.18. The van der Waals surface area contributed by atoms with Crippen LogP contribution in [0.2, 0.25) is 0 Å². The zero-order valence-electron chi connectivity index (χ0n) is 14.3. The van der Waals surface area contributed by atoms with Crippen molar-refractivity contribution in [1.82, 2.24) is 10.2 Å². The van der Waals surface area contributed by atoms with Gasteiger partial charge in [0, 0.05) is 25.2 Å². The number of hydrogen-bond acceptors (Lipinski definition) is 2. The minimum Gasteiger partial charge on any atom is -0.330 e. The third-order valence-electron chi connectivity index (χ3n) is 4.60. The van der Waals surface area contributed by atoms with Crippen LogP contribution in [0, 0.1) is 5.41 Å². The van der Waals surface area contributed by atoms with Crippen molar-refractivity contribution in [3.63, 3.8) is 0 Å². The summed E-state index contributed by atoms with van der Waals surface area (Å²) in [5, 5.41) is 3.68. The molecule has 1 aliphatic heterocycles. The van der Waals surface area contributed by atoms with Gasteiger partial charge < -0.3 is 9.80 Å². The van der Waals surface area contributed by atoms with Crippen molar-refractivity contribution in [2.24, 2.45) is 5.41 Å². The highest BCUT2D eigenvalue weighted by molar-refractivity contribution is 4.91. The van der Waals surface area contributed by atoms with Gasteiger partial charge in [0.2, 0.25) is 0 Å². The van der Waals surface area contributed by atoms with Crippen LogP contribution < -0.4 is 5.32 Å². The van der Waals surface area contributed by atoms with Gasteiger partial charge in [-0.15, -0.1) is 0 Å². The summed E-state index contributed by atoms with van der Waals surface area (Å²) in [6.07, 6.45) is 2.60. The van der Waals surface area contributed by atoms with Crippen LogP contribution in [0.3, 0.4) is 0 Å². The normalized spacial score (nSPS) is 23.5. The standard InChI is InChI=1S/C16H36N3/c1-14(2)18(12-13-19(5,6)7)11-8-15-16(3,4)9-10-17-15/h14-15,17H,8-13H2,1-7H3/q+1. The molecule has 0 saturated carbocycles. The molecule has 19 heavy (non-hydrogen) atoms. The van der Waals surface area contributed by atoms with E-state index >= 15 is 0 Å². The number of quaternary nitrogens is 1. The third-order valence-corrected chi connectivity index (χ3v) is 4.60. The average Bonchev–Trinajstić information content (AvgIpc) is 2.55. The van der Waals surface area contributed by atoms with Crippen molar-refractivity contribution >= 4 is 0 Å². The highest BCUT2D eigenvalue weighted by Crippen LogP contribution is 2.31. The molecule has 0 aromatic heterocycles. The minimum absolute atomic E-state index is 0.475. The molecule has 0 radical (unpaired) electrons. The molecular weight excluding hydrogens is 234 g/mol. The van der Waals surface area contributed by atoms with Gasteiger partial charge in [0.25, 0.3) is 0 Å². The smallest absolute Gasteiger partial charge is 0.0909 e. The predicted molar refractivity (Wildman–Crippen MR) is 84.4 cm³/mol. The van der Waals surface area contributed by atoms with E-state index in [9.17, 15) is 0 Å². The predicted octanol–water partition coefficient (Wildman–Crippen LogP) is 2.18. The van der Waals surface area contributed by atoms with Gasteiger partial charge in [0.15, 0.2) is 0 Å². The molecule has 0 aromatic carbocycles. The Morgan fingerprint density at radius 2 is 1.84 bits per heavy atom. The molecule has 0 amide bonds. The van der Waals surface area contributed by atoms with Crippen molar-refractivity contribution in [2.45, 2.75) is 52.6 Å². The van der Waals surface area contributed by atoms with Crippen molar-refractivity contribution in [3.8, 4) is 0 Å². The lowest BCUT2D eigenvalue weighted by Gasteiger charge is -2.33. The van der Waals surface area contributed by atoms with Gasteiger partial charge in [0.05, 0.1) is 27.7 Å². The Hall–Kier alpha value is -0.120. The van der Waals surface area contributed by atoms with E-state index in [0.717, 1.165) is 4.48 Å². The van der Waals surface area contributed by atoms with E-state index in [1.165, 1.54) is 39.0 Å². The first-order chi connectivity index (χ1) is 8.62. The fourth-order valence-electron chi connectivity index (χ4n) is 2.86. The molecule has 114 valence electrons. The van der Waals surface area contributed by atoms with Crippen molar-refractivity contribution in [3.05, 3.63) is 0 Å². The highest BCUT2D eigenvalue weighted by atomic mass is 15.3. The minimum atomic E-state index is 0.475. The van der Waals surface area contributed by atoms with Crippen LogP contribution in [0.5, 0.6) is 0 Å². The lowest BCUT2D eigenvalue weighted by Crippen LogP contribution is -2.45. The average molecular weight is 270 g/mol. The van der Waals surface area contributed by atoms with Crippen molar-refractivity contribution in [2.75, 3.05) is 47.3 Å². The monoisotopic (exact) mass is 270 g/mol. The second kappa shape index (κ2) is 6.55. The fourth-order valence-corrected chi connectivity index (χ4v) is 2.86. The summed E-state index contributed by atoms with van der Waals surface area (Å²) in [6.45, 7) is 14.3. The summed E-state index contributed by atoms with van der Waals surface area (Å²) in [5.74, 6) is 0. The first-order valence-electron chi connectivity index (χ1n) is 7.90. The molecule has 0 aliphatic carbocycles. The maximum atomic E-state index is 3.68. The van der Waals surface area contributed by atoms with Gasteiger partial charge in [-0.2, -0.15) is 0 Å². The molecule has 1 heterocycles. The Balaban J connectivity index is 2.42. The molecule has 1 rings (SSSR count). The Bertz CT molecular complexity index is 266. The van der Waals surface area contributed by atoms with Crippen LogP contribution in [0.25, 0.3) is 0 Å². The van der Waals surface area contributed by atoms with E-state index in [1.54, 1.807) is 0 Å². The largest absolute Gasteiger partial charge is 0.330 e. The van der Waals surface area contributed by atoms with Crippen LogP contribution in [-0.4, -0.2) is 68.8 Å². The molecule has 1 saturated heterocycles. The number of rotatable bonds is 7. The molecule has 1 fully saturated rings. The molecular formula is C16H36N3+. The van der Waals surface area contributed by atoms with Gasteiger partial charge in [-0.1, -0.05) is 13.8 Å². The number of likely N-dealkylation sites (N-methyl/N-ethyl adjacent to an activating group) is 1. The van der Waals surface area contributed by atoms with Crippen LogP contribution in [0.15, 0.2) is 0 Å². The molecule has 3 nitrogen and oxygen atoms in total. The van der Waals surface area contributed by atoms with Crippen LogP contribution >= 0.6 is 0 Å². The summed E-state index contributed by atoms with van der Waals surface area (Å²) in [6, 6.07) is 1.34. The maximum absolute atomic E-state index is 3.68. The highest BCUT2D eigenvalue weighted by Gasteiger charge is 2.34. The Morgan fingerprint density at radius 3 is 2.26 bits per heavy atom. The Kier molecular flexibility index (Phi) is 5.84. The van der Waals surface area contributed by atoms with Crippen molar-refractivity contribution < 1.29 is 4.48 Å². The Morgan fingerprint density at radius 1 is 1.21 bits per heavy atom. The van der Waals surface area contributed by atoms with E-state index in [4.69, 9.17) is 0 Å². The summed E-state index contributed by atoms with van der Waals surface area (Å²) in [7, 11) is 6.83. The molecule has 0 aromatic rings. The molecule has 1 N–H and O–H groups in total. The van der Waals surface area contributed by atoms with E-state index in [0.29, 0.717) is 17.5 Å². The van der Waals surface area contributed by atoms with Gasteiger partial charge in [-0.05, 0) is 38.6 Å². The summed E-state index contributed by atoms with van der Waals surface area (Å²) in [5.41, 5.74) is 0.475. The zero-order chi connectivity index (χ0) is 14.7. The lowest BCUT2D eigenvalue weighted by atomic mass is 9.83. The van der Waals surface area contributed by atoms with E-state index in [2.05, 4.69) is 59.1 Å². The summed E-state index contributed by atoms with van der Waals surface area (Å²) in [4.78, 5) is 2.64. The lowest BCUT2D eigenvalue weighted by molar-refractivity contribution is -0.869. The maximum Gasteiger partial charge on any atom is 0.0909 e. The molecule has 1 aliphatic rings. The quantitative estimate of drug-likeness (QED) is 0.713. The molecule has 0 bridgehead atoms. The summed E-state index contributed by atoms with van der Waals surface area (Å²) < 4.78 is 1.05. The van der Waals surface area contributed by atoms with Crippen LogP contribution in [0.4, 0.5) is 0 Å². The second-order valence-electron chi connectivity index (χ2n) is 8.18. The topological polar surface area (TPSA) is 15.3 Å². The van der Waals surface area contributed by atoms with Crippen LogP contribution in [0.1, 0.15) is 40.5 Å². The number of nitrogens with zero attached hydrogens (tertiary/aromatic N) is 2. The first kappa shape index (κ1) is 16.9. The van der Waals surface area contributed by atoms with Gasteiger partial charge >= 0.3 is 0 Å². The summed E-state index contributed by atoms with van der Waals surface area (Å²) >= 11 is 0. The number of nitrogens with one attached hydrogen (secondary N) is 1. The van der Waals surface area contributed by atoms with Crippen LogP contribution in [-0.2, 0) is 0 Å². The molecule has 3 heteroatoms. The molecule has 1 atom stereocenters. The molecule has 0 spiro atoms. The van der Waals surface area contributed by atoms with Gasteiger partial charge in [0.1, 0.15) is 0 Å². The van der Waals surface area contributed by atoms with Gasteiger partial charge in [-0.3, -0.25) is 4.90 Å².